The van der Waals surface area contributed by atoms with Crippen molar-refractivity contribution in [2.75, 3.05) is 33.8 Å². The molecule has 5 rings (SSSR count). The fourth-order valence-corrected chi connectivity index (χ4v) is 7.16. The molecule has 1 saturated carbocycles. The number of halogens is 3. The predicted molar refractivity (Wildman–Crippen MR) is 167 cm³/mol. The van der Waals surface area contributed by atoms with Gasteiger partial charge < -0.3 is 24.5 Å². The SMILES string of the molecule is COc1cc(C)c(S(=O)(=O)N(Cc2cc(C(=O)N(C)CCc3ccc(C4=NCCN4)cc3)co2)C2CC2)c(C)c1.O=C(O)C(F)(F)F. The number of hydrogen-bond donors (Lipinski definition) is 2. The fourth-order valence-electron chi connectivity index (χ4n) is 5.09. The first-order valence-electron chi connectivity index (χ1n) is 14.8. The Morgan fingerprint density at radius 3 is 2.23 bits per heavy atom. The highest BCUT2D eigenvalue weighted by atomic mass is 32.2. The summed E-state index contributed by atoms with van der Waals surface area (Å²) in [5, 5.41) is 10.4. The van der Waals surface area contributed by atoms with Gasteiger partial charge in [-0.25, -0.2) is 13.2 Å². The highest BCUT2D eigenvalue weighted by Gasteiger charge is 2.40. The molecule has 1 amide bonds. The van der Waals surface area contributed by atoms with Gasteiger partial charge in [-0.2, -0.15) is 17.5 Å². The number of aliphatic imine (C=N–C) groups is 1. The zero-order chi connectivity index (χ0) is 34.5. The van der Waals surface area contributed by atoms with Gasteiger partial charge in [0, 0.05) is 31.7 Å². The van der Waals surface area contributed by atoms with Crippen LogP contribution < -0.4 is 10.1 Å². The van der Waals surface area contributed by atoms with E-state index in [1.807, 2.05) is 12.1 Å². The van der Waals surface area contributed by atoms with Crippen LogP contribution in [0, 0.1) is 13.8 Å². The van der Waals surface area contributed by atoms with E-state index in [4.69, 9.17) is 19.1 Å². The molecular weight excluding hydrogens is 641 g/mol. The van der Waals surface area contributed by atoms with E-state index in [1.165, 1.54) is 10.6 Å². The number of carboxylic acid groups (broad SMARTS) is 1. The number of carboxylic acids is 1. The van der Waals surface area contributed by atoms with Gasteiger partial charge in [0.2, 0.25) is 10.0 Å². The van der Waals surface area contributed by atoms with Gasteiger partial charge in [0.1, 0.15) is 23.6 Å². The van der Waals surface area contributed by atoms with Crippen molar-refractivity contribution in [1.29, 1.82) is 0 Å². The second kappa shape index (κ2) is 14.6. The molecule has 15 heteroatoms. The van der Waals surface area contributed by atoms with E-state index in [0.717, 1.165) is 42.9 Å². The molecule has 2 aromatic carbocycles. The van der Waals surface area contributed by atoms with Crippen LogP contribution in [0.5, 0.6) is 5.75 Å². The summed E-state index contributed by atoms with van der Waals surface area (Å²) in [6, 6.07) is 13.3. The normalized spacial score (nSPS) is 14.6. The Bertz CT molecular complexity index is 1710. The Kier molecular flexibility index (Phi) is 11.0. The van der Waals surface area contributed by atoms with Crippen LogP contribution in [0.3, 0.4) is 0 Å². The quantitative estimate of drug-likeness (QED) is 0.301. The number of amides is 1. The number of aliphatic carboxylic acids is 1. The molecule has 0 unspecified atom stereocenters. The average Bonchev–Trinajstić information content (AvgIpc) is 3.48. The number of hydrogen-bond acceptors (Lipinski definition) is 8. The lowest BCUT2D eigenvalue weighted by atomic mass is 10.1. The van der Waals surface area contributed by atoms with E-state index in [9.17, 15) is 26.4 Å². The third kappa shape index (κ3) is 8.92. The number of ether oxygens (including phenoxy) is 1. The Labute approximate surface area is 271 Å². The fraction of sp³-hybridized carbons (Fsp3) is 0.406. The molecule has 0 saturated heterocycles. The van der Waals surface area contributed by atoms with Gasteiger partial charge in [-0.3, -0.25) is 9.79 Å². The van der Waals surface area contributed by atoms with E-state index < -0.39 is 22.2 Å². The van der Waals surface area contributed by atoms with Crippen LogP contribution in [0.2, 0.25) is 0 Å². The molecule has 0 atom stereocenters. The molecule has 2 N–H and O–H groups in total. The van der Waals surface area contributed by atoms with Crippen molar-refractivity contribution in [2.45, 2.75) is 56.8 Å². The van der Waals surface area contributed by atoms with Gasteiger partial charge in [-0.1, -0.05) is 24.3 Å². The zero-order valence-corrected chi connectivity index (χ0v) is 27.2. The number of amidine groups is 1. The van der Waals surface area contributed by atoms with Crippen molar-refractivity contribution in [3.05, 3.63) is 82.3 Å². The number of carbonyl (C=O) groups excluding carboxylic acids is 1. The maximum absolute atomic E-state index is 13.8. The van der Waals surface area contributed by atoms with Crippen LogP contribution in [-0.4, -0.2) is 86.5 Å². The van der Waals surface area contributed by atoms with Gasteiger partial charge in [0.25, 0.3) is 5.91 Å². The molecule has 2 aliphatic rings. The van der Waals surface area contributed by atoms with Crippen molar-refractivity contribution in [2.24, 2.45) is 4.99 Å². The van der Waals surface area contributed by atoms with Crippen molar-refractivity contribution in [1.82, 2.24) is 14.5 Å². The van der Waals surface area contributed by atoms with Crippen molar-refractivity contribution < 1.29 is 45.4 Å². The molecule has 3 aromatic rings. The number of methoxy groups -OCH3 is 1. The molecule has 2 heterocycles. The summed E-state index contributed by atoms with van der Waals surface area (Å²) in [6.45, 7) is 5.84. The van der Waals surface area contributed by atoms with Gasteiger partial charge in [-0.15, -0.1) is 0 Å². The van der Waals surface area contributed by atoms with Crippen LogP contribution in [0.25, 0.3) is 0 Å². The second-order valence-electron chi connectivity index (χ2n) is 11.3. The first-order valence-corrected chi connectivity index (χ1v) is 16.2. The highest BCUT2D eigenvalue weighted by molar-refractivity contribution is 7.89. The summed E-state index contributed by atoms with van der Waals surface area (Å²) in [7, 11) is -0.462. The number of alkyl halides is 3. The van der Waals surface area contributed by atoms with Gasteiger partial charge in [-0.05, 0) is 68.0 Å². The van der Waals surface area contributed by atoms with E-state index >= 15 is 0 Å². The minimum Gasteiger partial charge on any atom is -0.497 e. The van der Waals surface area contributed by atoms with Crippen LogP contribution in [0.1, 0.15) is 51.2 Å². The lowest BCUT2D eigenvalue weighted by Crippen LogP contribution is -2.33. The predicted octanol–water partition coefficient (Wildman–Crippen LogP) is 4.56. The Morgan fingerprint density at radius 2 is 1.72 bits per heavy atom. The van der Waals surface area contributed by atoms with Crippen LogP contribution >= 0.6 is 0 Å². The molecule has 1 aromatic heterocycles. The zero-order valence-electron chi connectivity index (χ0n) is 26.4. The Balaban J connectivity index is 0.000000644. The number of likely N-dealkylation sites (N-methyl/N-ethyl adjacent to an activating group) is 1. The summed E-state index contributed by atoms with van der Waals surface area (Å²) in [5.41, 5.74) is 3.87. The molecule has 1 aliphatic heterocycles. The standard InChI is InChI=1S/C30H36N4O5S.C2HF3O2/c1-20-15-26(38-4)16-21(2)28(20)40(36,37)34(25-9-10-25)18-27-17-24(19-39-27)30(35)33(3)14-11-22-5-7-23(8-6-22)29-31-12-13-32-29;3-2(4,5)1(6)7/h5-8,15-17,19,25H,9-14,18H2,1-4H3,(H,31,32);(H,6,7). The van der Waals surface area contributed by atoms with E-state index in [-0.39, 0.29) is 18.5 Å². The summed E-state index contributed by atoms with van der Waals surface area (Å²) in [4.78, 5) is 28.4. The minimum absolute atomic E-state index is 0.0708. The number of furan rings is 1. The minimum atomic E-state index is -5.08. The van der Waals surface area contributed by atoms with E-state index in [0.29, 0.717) is 46.1 Å². The lowest BCUT2D eigenvalue weighted by molar-refractivity contribution is -0.192. The molecular formula is C32H37F3N4O7S. The average molecular weight is 679 g/mol. The number of rotatable bonds is 11. The number of carbonyl (C=O) groups is 2. The third-order valence-electron chi connectivity index (χ3n) is 7.63. The van der Waals surface area contributed by atoms with Crippen molar-refractivity contribution in [3.8, 4) is 5.75 Å². The third-order valence-corrected chi connectivity index (χ3v) is 9.83. The summed E-state index contributed by atoms with van der Waals surface area (Å²) < 4.78 is 71.8. The van der Waals surface area contributed by atoms with Gasteiger partial charge in [0.15, 0.2) is 0 Å². The maximum Gasteiger partial charge on any atom is 0.490 e. The number of nitrogens with zero attached hydrogens (tertiary/aromatic N) is 3. The first-order chi connectivity index (χ1) is 22.1. The topological polar surface area (TPSA) is 142 Å². The maximum atomic E-state index is 13.8. The van der Waals surface area contributed by atoms with Crippen molar-refractivity contribution >= 4 is 27.7 Å². The Hall–Kier alpha value is -4.37. The monoisotopic (exact) mass is 678 g/mol. The molecule has 0 spiro atoms. The smallest absolute Gasteiger partial charge is 0.490 e. The van der Waals surface area contributed by atoms with Crippen LogP contribution in [0.15, 0.2) is 63.0 Å². The first kappa shape index (κ1) is 35.5. The number of benzene rings is 2. The molecule has 0 bridgehead atoms. The molecule has 254 valence electrons. The second-order valence-corrected chi connectivity index (χ2v) is 13.1. The number of nitrogens with one attached hydrogen (secondary N) is 1. The summed E-state index contributed by atoms with van der Waals surface area (Å²) >= 11 is 0. The van der Waals surface area contributed by atoms with Crippen LogP contribution in [0.4, 0.5) is 13.2 Å². The molecule has 11 nitrogen and oxygen atoms in total. The molecule has 1 aliphatic carbocycles. The van der Waals surface area contributed by atoms with Crippen molar-refractivity contribution in [3.63, 3.8) is 0 Å². The molecule has 47 heavy (non-hydrogen) atoms. The van der Waals surface area contributed by atoms with E-state index in [2.05, 4.69) is 22.4 Å². The highest BCUT2D eigenvalue weighted by Crippen LogP contribution is 2.36. The Morgan fingerprint density at radius 1 is 1.11 bits per heavy atom. The largest absolute Gasteiger partial charge is 0.497 e. The lowest BCUT2D eigenvalue weighted by Gasteiger charge is -2.23. The number of aryl methyl sites for hydroxylation is 2. The summed E-state index contributed by atoms with van der Waals surface area (Å²) in [6.07, 6.45) is -1.36. The van der Waals surface area contributed by atoms with Gasteiger partial charge in [0.05, 0.1) is 30.7 Å². The summed E-state index contributed by atoms with van der Waals surface area (Å²) in [5.74, 6) is -0.933. The number of sulfonamides is 1. The molecule has 0 radical (unpaired) electrons. The van der Waals surface area contributed by atoms with Gasteiger partial charge >= 0.3 is 12.1 Å². The van der Waals surface area contributed by atoms with E-state index in [1.54, 1.807) is 51.1 Å². The molecule has 1 fully saturated rings. The van der Waals surface area contributed by atoms with Crippen LogP contribution in [-0.2, 0) is 27.8 Å².